The van der Waals surface area contributed by atoms with Crippen LogP contribution in [0.25, 0.3) is 0 Å². The molecule has 0 fully saturated rings. The molecule has 20 heavy (non-hydrogen) atoms. The zero-order valence-electron chi connectivity index (χ0n) is 14.8. The third kappa shape index (κ3) is 5.46. The summed E-state index contributed by atoms with van der Waals surface area (Å²) in [6, 6.07) is 0. The Morgan fingerprint density at radius 3 is 1.85 bits per heavy atom. The number of allylic oxidation sites excluding steroid dienone is 1. The molecule has 0 heterocycles. The molecule has 0 spiro atoms. The first-order valence-corrected chi connectivity index (χ1v) is 10.3. The van der Waals surface area contributed by atoms with Gasteiger partial charge < -0.3 is 4.74 Å². The first-order chi connectivity index (χ1) is 9.28. The highest BCUT2D eigenvalue weighted by molar-refractivity contribution is 6.90. The summed E-state index contributed by atoms with van der Waals surface area (Å²) < 4.78 is 5.74. The summed E-state index contributed by atoms with van der Waals surface area (Å²) in [4.78, 5) is 0. The molecular formula is C18H34OSi. The highest BCUT2D eigenvalue weighted by atomic mass is 28.3. The lowest BCUT2D eigenvalue weighted by molar-refractivity contribution is 0.127. The third-order valence-corrected chi connectivity index (χ3v) is 10.6. The van der Waals surface area contributed by atoms with E-state index >= 15 is 0 Å². The van der Waals surface area contributed by atoms with Crippen LogP contribution in [0, 0.1) is 11.5 Å². The van der Waals surface area contributed by atoms with Crippen LogP contribution >= 0.6 is 0 Å². The third-order valence-electron chi connectivity index (χ3n) is 4.23. The number of rotatable bonds is 7. The highest BCUT2D eigenvalue weighted by Gasteiger charge is 2.41. The Bertz CT molecular complexity index is 322. The molecule has 0 aliphatic heterocycles. The van der Waals surface area contributed by atoms with E-state index in [4.69, 9.17) is 4.74 Å². The molecule has 0 aliphatic carbocycles. The average Bonchev–Trinajstić information content (AvgIpc) is 2.34. The van der Waals surface area contributed by atoms with Crippen molar-refractivity contribution < 1.29 is 4.74 Å². The summed E-state index contributed by atoms with van der Waals surface area (Å²) in [7, 11) is -1.58. The molecule has 0 saturated carbocycles. The van der Waals surface area contributed by atoms with Crippen molar-refractivity contribution in [3.8, 4) is 11.5 Å². The maximum atomic E-state index is 5.74. The monoisotopic (exact) mass is 294 g/mol. The van der Waals surface area contributed by atoms with E-state index in [0.717, 1.165) is 6.42 Å². The summed E-state index contributed by atoms with van der Waals surface area (Å²) in [6.07, 6.45) is 5.48. The van der Waals surface area contributed by atoms with Gasteiger partial charge in [-0.05, 0) is 30.0 Å². The zero-order chi connectivity index (χ0) is 15.8. The van der Waals surface area contributed by atoms with Crippen LogP contribution in [0.2, 0.25) is 16.6 Å². The summed E-state index contributed by atoms with van der Waals surface area (Å²) >= 11 is 0. The Labute approximate surface area is 128 Å². The van der Waals surface area contributed by atoms with E-state index in [9.17, 15) is 0 Å². The smallest absolute Gasteiger partial charge is 0.146 e. The van der Waals surface area contributed by atoms with Crippen LogP contribution in [-0.2, 0) is 4.74 Å². The molecule has 1 unspecified atom stereocenters. The van der Waals surface area contributed by atoms with E-state index < -0.39 is 8.07 Å². The topological polar surface area (TPSA) is 9.23 Å². The van der Waals surface area contributed by atoms with Crippen LogP contribution in [0.3, 0.4) is 0 Å². The van der Waals surface area contributed by atoms with Gasteiger partial charge in [-0.2, -0.15) is 0 Å². The van der Waals surface area contributed by atoms with Gasteiger partial charge in [-0.15, -0.1) is 5.54 Å². The largest absolute Gasteiger partial charge is 0.362 e. The summed E-state index contributed by atoms with van der Waals surface area (Å²) in [5.74, 6) is 3.33. The van der Waals surface area contributed by atoms with Gasteiger partial charge in [-0.3, -0.25) is 0 Å². The highest BCUT2D eigenvalue weighted by Crippen LogP contribution is 2.40. The first kappa shape index (κ1) is 19.5. The maximum absolute atomic E-state index is 5.74. The molecule has 0 aromatic carbocycles. The normalized spacial score (nSPS) is 14.2. The second kappa shape index (κ2) is 9.42. The Balaban J connectivity index is 4.78. The molecule has 0 aromatic rings. The van der Waals surface area contributed by atoms with Crippen molar-refractivity contribution in [2.75, 3.05) is 6.61 Å². The summed E-state index contributed by atoms with van der Waals surface area (Å²) in [6.45, 7) is 18.8. The molecular weight excluding hydrogens is 260 g/mol. The molecule has 1 nitrogen and oxygen atoms in total. The van der Waals surface area contributed by atoms with Gasteiger partial charge in [-0.25, -0.2) is 0 Å². The van der Waals surface area contributed by atoms with E-state index in [-0.39, 0.29) is 6.10 Å². The van der Waals surface area contributed by atoms with Gasteiger partial charge in [-0.1, -0.05) is 66.5 Å². The van der Waals surface area contributed by atoms with Crippen LogP contribution in [0.4, 0.5) is 0 Å². The minimum Gasteiger partial charge on any atom is -0.362 e. The van der Waals surface area contributed by atoms with E-state index in [1.165, 1.54) is 0 Å². The molecule has 0 rings (SSSR count). The Kier molecular flexibility index (Phi) is 9.17. The van der Waals surface area contributed by atoms with E-state index in [0.29, 0.717) is 23.2 Å². The molecule has 116 valence electrons. The van der Waals surface area contributed by atoms with Crippen LogP contribution in [0.1, 0.15) is 61.8 Å². The Hall–Kier alpha value is -0.523. The summed E-state index contributed by atoms with van der Waals surface area (Å²) in [5, 5.41) is 0. The van der Waals surface area contributed by atoms with Gasteiger partial charge in [0.1, 0.15) is 14.7 Å². The lowest BCUT2D eigenvalue weighted by atomic mass is 10.3. The molecule has 2 heteroatoms. The molecule has 1 atom stereocenters. The summed E-state index contributed by atoms with van der Waals surface area (Å²) in [5.41, 5.74) is 5.75. The van der Waals surface area contributed by atoms with Crippen LogP contribution < -0.4 is 0 Å². The molecule has 0 amide bonds. The predicted molar refractivity (Wildman–Crippen MR) is 93.7 cm³/mol. The molecule has 0 aliphatic rings. The minimum absolute atomic E-state index is 0.164. The van der Waals surface area contributed by atoms with Crippen molar-refractivity contribution in [2.24, 2.45) is 0 Å². The quantitative estimate of drug-likeness (QED) is 0.338. The first-order valence-electron chi connectivity index (χ1n) is 8.07. The van der Waals surface area contributed by atoms with Gasteiger partial charge in [0, 0.05) is 0 Å². The van der Waals surface area contributed by atoms with Gasteiger partial charge in [0.2, 0.25) is 0 Å². The fraction of sp³-hybridized carbons (Fsp3) is 0.778. The molecule has 0 saturated heterocycles. The molecule has 0 radical (unpaired) electrons. The van der Waals surface area contributed by atoms with Crippen molar-refractivity contribution in [3.63, 3.8) is 0 Å². The van der Waals surface area contributed by atoms with Gasteiger partial charge in [0.25, 0.3) is 0 Å². The standard InChI is InChI=1S/C18H34OSi/c1-9-10-12-18(8)19-13-11-14-20(15(2)3,16(4)5)17(6)7/h10,12,15-18H,9,13H2,1-8H3. The van der Waals surface area contributed by atoms with Crippen LogP contribution in [0.5, 0.6) is 0 Å². The molecule has 0 N–H and O–H groups in total. The maximum Gasteiger partial charge on any atom is 0.146 e. The SMILES string of the molecule is CCC=CC(C)OCC#C[Si](C(C)C)(C(C)C)C(C)C. The number of hydrogen-bond donors (Lipinski definition) is 0. The van der Waals surface area contributed by atoms with Crippen molar-refractivity contribution in [3.05, 3.63) is 12.2 Å². The second-order valence-electron chi connectivity index (χ2n) is 6.55. The second-order valence-corrected chi connectivity index (χ2v) is 12.1. The van der Waals surface area contributed by atoms with Crippen molar-refractivity contribution in [2.45, 2.75) is 84.5 Å². The predicted octanol–water partition coefficient (Wildman–Crippen LogP) is 5.58. The zero-order valence-corrected chi connectivity index (χ0v) is 15.8. The fourth-order valence-corrected chi connectivity index (χ4v) is 8.42. The van der Waals surface area contributed by atoms with Crippen molar-refractivity contribution in [1.29, 1.82) is 0 Å². The fourth-order valence-electron chi connectivity index (χ4n) is 3.18. The lowest BCUT2D eigenvalue weighted by Gasteiger charge is -2.38. The minimum atomic E-state index is -1.58. The van der Waals surface area contributed by atoms with Crippen LogP contribution in [0.15, 0.2) is 12.2 Å². The van der Waals surface area contributed by atoms with Crippen LogP contribution in [-0.4, -0.2) is 20.8 Å². The Morgan fingerprint density at radius 2 is 1.45 bits per heavy atom. The van der Waals surface area contributed by atoms with E-state index in [2.05, 4.69) is 79.0 Å². The Morgan fingerprint density at radius 1 is 0.950 bits per heavy atom. The van der Waals surface area contributed by atoms with E-state index in [1.807, 2.05) is 0 Å². The van der Waals surface area contributed by atoms with Gasteiger partial charge in [0.15, 0.2) is 0 Å². The lowest BCUT2D eigenvalue weighted by Crippen LogP contribution is -2.43. The molecule has 0 bridgehead atoms. The number of hydrogen-bond acceptors (Lipinski definition) is 1. The van der Waals surface area contributed by atoms with E-state index in [1.54, 1.807) is 0 Å². The van der Waals surface area contributed by atoms with Crippen molar-refractivity contribution in [1.82, 2.24) is 0 Å². The molecule has 0 aromatic heterocycles. The van der Waals surface area contributed by atoms with Crippen molar-refractivity contribution >= 4 is 8.07 Å². The average molecular weight is 295 g/mol. The number of ether oxygens (including phenoxy) is 1. The van der Waals surface area contributed by atoms with Gasteiger partial charge >= 0.3 is 0 Å². The van der Waals surface area contributed by atoms with Gasteiger partial charge in [0.05, 0.1) is 6.10 Å².